The minimum atomic E-state index is 0.168. The molecule has 0 N–H and O–H groups in total. The molecule has 8 fully saturated rings. The summed E-state index contributed by atoms with van der Waals surface area (Å²) in [6, 6.07) is 59.8. The Hall–Kier alpha value is -5.40. The normalized spacial score (nSPS) is 32.4. The molecule has 7 aromatic rings. The van der Waals surface area contributed by atoms with Crippen LogP contribution in [0.15, 0.2) is 152 Å². The van der Waals surface area contributed by atoms with Gasteiger partial charge in [0.1, 0.15) is 0 Å². The van der Waals surface area contributed by atoms with E-state index in [9.17, 15) is 0 Å². The fourth-order valence-electron chi connectivity index (χ4n) is 17.3. The van der Waals surface area contributed by atoms with Gasteiger partial charge in [0.2, 0.25) is 0 Å². The lowest BCUT2D eigenvalue weighted by atomic mass is 9.43. The van der Waals surface area contributed by atoms with E-state index in [0.717, 1.165) is 47.3 Å². The Labute approximate surface area is 360 Å². The van der Waals surface area contributed by atoms with Gasteiger partial charge in [0.25, 0.3) is 0 Å². The molecule has 298 valence electrons. The maximum Gasteiger partial charge on any atom is 0.0468 e. The van der Waals surface area contributed by atoms with Crippen molar-refractivity contribution in [3.63, 3.8) is 0 Å². The molecule has 8 bridgehead atoms. The largest absolute Gasteiger partial charge is 0.310 e. The topological polar surface area (TPSA) is 3.24 Å². The third-order valence-corrected chi connectivity index (χ3v) is 18.8. The number of benzene rings is 7. The van der Waals surface area contributed by atoms with Crippen LogP contribution in [-0.2, 0) is 10.8 Å². The van der Waals surface area contributed by atoms with Crippen LogP contribution < -0.4 is 4.90 Å². The van der Waals surface area contributed by atoms with Gasteiger partial charge in [0.05, 0.1) is 0 Å². The number of nitrogens with zero attached hydrogens (tertiary/aromatic N) is 1. The molecule has 0 aromatic heterocycles. The lowest BCUT2D eigenvalue weighted by Crippen LogP contribution is -2.55. The van der Waals surface area contributed by atoms with Crippen molar-refractivity contribution in [2.24, 2.45) is 47.3 Å². The predicted molar refractivity (Wildman–Crippen MR) is 251 cm³/mol. The summed E-state index contributed by atoms with van der Waals surface area (Å²) in [7, 11) is 0. The van der Waals surface area contributed by atoms with E-state index in [1.807, 2.05) is 0 Å². The molecule has 7 aromatic carbocycles. The van der Waals surface area contributed by atoms with E-state index >= 15 is 0 Å². The van der Waals surface area contributed by atoms with Gasteiger partial charge in [0.15, 0.2) is 0 Å². The minimum Gasteiger partial charge on any atom is -0.310 e. The predicted octanol–water partition coefficient (Wildman–Crippen LogP) is 15.4. The summed E-state index contributed by atoms with van der Waals surface area (Å²) in [6.07, 6.45) is 14.3. The zero-order valence-electron chi connectivity index (χ0n) is 35.1. The van der Waals surface area contributed by atoms with Crippen molar-refractivity contribution >= 4 is 27.8 Å². The maximum absolute atomic E-state index is 2.62. The Morgan fingerprint density at radius 3 is 1.31 bits per heavy atom. The van der Waals surface area contributed by atoms with Crippen LogP contribution in [0.2, 0.25) is 0 Å². The highest BCUT2D eigenvalue weighted by Gasteiger charge is 2.63. The Morgan fingerprint density at radius 2 is 0.754 bits per heavy atom. The molecule has 1 heteroatoms. The van der Waals surface area contributed by atoms with Crippen LogP contribution in [-0.4, -0.2) is 0 Å². The van der Waals surface area contributed by atoms with Crippen LogP contribution in [0, 0.1) is 47.3 Å². The fraction of sp³-hybridized carbons (Fsp3) is 0.333. The minimum absolute atomic E-state index is 0.168. The van der Waals surface area contributed by atoms with Crippen molar-refractivity contribution in [3.8, 4) is 33.4 Å². The van der Waals surface area contributed by atoms with Crippen molar-refractivity contribution in [3.05, 3.63) is 174 Å². The van der Waals surface area contributed by atoms with Gasteiger partial charge in [-0.05, 0) is 214 Å². The average Bonchev–Trinajstić information content (AvgIpc) is 3.75. The molecule has 61 heavy (non-hydrogen) atoms. The molecule has 1 nitrogen and oxygen atoms in total. The Morgan fingerprint density at radius 1 is 0.328 bits per heavy atom. The number of anilines is 3. The number of hydrogen-bond acceptors (Lipinski definition) is 1. The highest BCUT2D eigenvalue weighted by atomic mass is 15.1. The molecule has 0 heterocycles. The van der Waals surface area contributed by atoms with Gasteiger partial charge in [-0.1, -0.05) is 115 Å². The van der Waals surface area contributed by atoms with Gasteiger partial charge in [-0.3, -0.25) is 0 Å². The van der Waals surface area contributed by atoms with Gasteiger partial charge in [-0.25, -0.2) is 0 Å². The Kier molecular flexibility index (Phi) is 6.82. The first-order valence-corrected chi connectivity index (χ1v) is 24.0. The molecule has 0 amide bonds. The van der Waals surface area contributed by atoms with Gasteiger partial charge < -0.3 is 4.90 Å². The summed E-state index contributed by atoms with van der Waals surface area (Å²) in [4.78, 5) is 2.62. The molecule has 0 radical (unpaired) electrons. The van der Waals surface area contributed by atoms with Crippen molar-refractivity contribution in [2.45, 2.75) is 75.0 Å². The van der Waals surface area contributed by atoms with E-state index in [1.165, 1.54) is 125 Å². The quantitative estimate of drug-likeness (QED) is 0.172. The summed E-state index contributed by atoms with van der Waals surface area (Å²) in [6.45, 7) is 0. The monoisotopic (exact) mass is 787 g/mol. The van der Waals surface area contributed by atoms with E-state index < -0.39 is 0 Å². The van der Waals surface area contributed by atoms with E-state index in [4.69, 9.17) is 0 Å². The van der Waals surface area contributed by atoms with Gasteiger partial charge >= 0.3 is 0 Å². The second-order valence-electron chi connectivity index (χ2n) is 21.3. The zero-order valence-corrected chi connectivity index (χ0v) is 35.1. The van der Waals surface area contributed by atoms with Crippen LogP contribution in [0.25, 0.3) is 44.2 Å². The lowest BCUT2D eigenvalue weighted by Gasteiger charge is -2.61. The van der Waals surface area contributed by atoms with Crippen LogP contribution in [0.3, 0.4) is 0 Å². The first kappa shape index (κ1) is 34.2. The van der Waals surface area contributed by atoms with Crippen molar-refractivity contribution in [2.75, 3.05) is 4.90 Å². The highest BCUT2D eigenvalue weighted by Crippen LogP contribution is 2.71. The third-order valence-electron chi connectivity index (χ3n) is 18.8. The SMILES string of the molecule is c1cc(-c2cccc3ccccc23)cc(N(c2ccc3c(c2)-c2ccccc2[C@]32[C@@H]3CC4C[C@@H](C3)C[C@H]2C4)c2ccc3c(c2)-c2ccccc2[C@]32[C@@H]3CC4C[C@H](C3)C[C@H]2C4)c1. The Balaban J connectivity index is 0.936. The maximum atomic E-state index is 2.62. The summed E-state index contributed by atoms with van der Waals surface area (Å²) >= 11 is 0. The zero-order chi connectivity index (χ0) is 39.6. The van der Waals surface area contributed by atoms with Crippen LogP contribution in [0.4, 0.5) is 17.1 Å². The lowest BCUT2D eigenvalue weighted by molar-refractivity contribution is -0.0399. The van der Waals surface area contributed by atoms with Crippen LogP contribution in [0.5, 0.6) is 0 Å². The van der Waals surface area contributed by atoms with Crippen LogP contribution >= 0.6 is 0 Å². The van der Waals surface area contributed by atoms with Crippen LogP contribution in [0.1, 0.15) is 86.5 Å². The summed E-state index contributed by atoms with van der Waals surface area (Å²) in [5.41, 5.74) is 19.1. The van der Waals surface area contributed by atoms with E-state index in [0.29, 0.717) is 0 Å². The smallest absolute Gasteiger partial charge is 0.0468 e. The average molecular weight is 788 g/mol. The van der Waals surface area contributed by atoms with E-state index in [1.54, 1.807) is 22.3 Å². The third kappa shape index (κ3) is 4.39. The number of rotatable bonds is 4. The number of hydrogen-bond donors (Lipinski definition) is 0. The second kappa shape index (κ2) is 12.2. The molecule has 0 aliphatic heterocycles. The van der Waals surface area contributed by atoms with E-state index in [2.05, 4.69) is 157 Å². The molecule has 2 spiro atoms. The standard InChI is InChI=1S/C60H53N/c1-2-13-49-40(9-1)10-8-16-50(49)41-11-7-12-46(33-41)61(47-19-21-57-53(34-47)51-14-3-5-17-55(51)59(57)42-25-36-23-37(27-42)28-43(59)26-36)48-20-22-58-54(35-48)52-15-4-6-18-56(52)60(58)44-29-38-24-39(31-44)32-45(60)30-38/h1-22,33-39,42-45H,23-32H2/t36-,37?,38-,39?,42-,43-,44-,45-,59-,60+/m0/s1. The summed E-state index contributed by atoms with van der Waals surface area (Å²) in [5, 5.41) is 2.59. The second-order valence-corrected chi connectivity index (χ2v) is 21.3. The Bertz CT molecular complexity index is 2780. The molecule has 0 atom stereocenters. The molecule has 17 rings (SSSR count). The van der Waals surface area contributed by atoms with Gasteiger partial charge in [-0.15, -0.1) is 0 Å². The highest BCUT2D eigenvalue weighted by molar-refractivity contribution is 5.98. The first-order chi connectivity index (χ1) is 30.1. The molecule has 8 saturated carbocycles. The first-order valence-electron chi connectivity index (χ1n) is 24.0. The van der Waals surface area contributed by atoms with Gasteiger partial charge in [0, 0.05) is 27.9 Å². The molecule has 0 unspecified atom stereocenters. The molecule has 10 aliphatic rings. The van der Waals surface area contributed by atoms with Crippen molar-refractivity contribution in [1.82, 2.24) is 0 Å². The number of fused-ring (bicyclic) bond motifs is 7. The van der Waals surface area contributed by atoms with E-state index in [-0.39, 0.29) is 10.8 Å². The van der Waals surface area contributed by atoms with Crippen molar-refractivity contribution in [1.29, 1.82) is 0 Å². The summed E-state index contributed by atoms with van der Waals surface area (Å²) in [5.74, 6) is 6.82. The molecular weight excluding hydrogens is 735 g/mol. The van der Waals surface area contributed by atoms with Gasteiger partial charge in [-0.2, -0.15) is 0 Å². The molecule has 0 saturated heterocycles. The fourth-order valence-corrected chi connectivity index (χ4v) is 17.3. The molecule has 10 aliphatic carbocycles. The molecular formula is C60H53N. The summed E-state index contributed by atoms with van der Waals surface area (Å²) < 4.78 is 0. The van der Waals surface area contributed by atoms with Crippen molar-refractivity contribution < 1.29 is 0 Å².